The molecular formula is C18H13N3O3. The van der Waals surface area contributed by atoms with Crippen LogP contribution in [-0.4, -0.2) is 20.0 Å². The number of carboxylic acid groups (broad SMARTS) is 1. The first-order chi connectivity index (χ1) is 11.6. The molecule has 1 N–H and O–H groups in total. The monoisotopic (exact) mass is 319 g/mol. The van der Waals surface area contributed by atoms with Gasteiger partial charge in [-0.3, -0.25) is 9.20 Å². The molecule has 0 aliphatic carbocycles. The summed E-state index contributed by atoms with van der Waals surface area (Å²) >= 11 is 0. The Labute approximate surface area is 137 Å². The third kappa shape index (κ3) is 2.29. The topological polar surface area (TPSA) is 87.5 Å². The fraction of sp³-hybridized carbons (Fsp3) is 0.0556. The number of hydrogen-bond acceptors (Lipinski definition) is 3. The van der Waals surface area contributed by atoms with Crippen LogP contribution in [0, 0.1) is 11.3 Å². The summed E-state index contributed by atoms with van der Waals surface area (Å²) in [6, 6.07) is 11.3. The van der Waals surface area contributed by atoms with Crippen LogP contribution in [0.15, 0.2) is 60.2 Å². The summed E-state index contributed by atoms with van der Waals surface area (Å²) in [7, 11) is 0. The van der Waals surface area contributed by atoms with E-state index in [-0.39, 0.29) is 12.1 Å². The fourth-order valence-electron chi connectivity index (χ4n) is 2.71. The van der Waals surface area contributed by atoms with E-state index >= 15 is 0 Å². The number of hydrogen-bond donors (Lipinski definition) is 1. The number of aromatic nitrogens is 2. The van der Waals surface area contributed by atoms with Crippen molar-refractivity contribution in [2.75, 3.05) is 0 Å². The lowest BCUT2D eigenvalue weighted by molar-refractivity contribution is 0.0693. The van der Waals surface area contributed by atoms with Crippen LogP contribution in [0.2, 0.25) is 0 Å². The molecular weight excluding hydrogens is 306 g/mol. The van der Waals surface area contributed by atoms with Crippen LogP contribution in [0.1, 0.15) is 15.9 Å². The lowest BCUT2D eigenvalue weighted by atomic mass is 10.1. The molecule has 24 heavy (non-hydrogen) atoms. The maximum absolute atomic E-state index is 12.5. The summed E-state index contributed by atoms with van der Waals surface area (Å²) in [5.41, 5.74) is 0.998. The summed E-state index contributed by atoms with van der Waals surface area (Å²) in [4.78, 5) is 23.8. The number of nitrogens with zero attached hydrogens (tertiary/aromatic N) is 3. The van der Waals surface area contributed by atoms with Gasteiger partial charge in [-0.2, -0.15) is 5.26 Å². The van der Waals surface area contributed by atoms with Gasteiger partial charge in [-0.05, 0) is 5.56 Å². The molecule has 118 valence electrons. The Morgan fingerprint density at radius 1 is 1.29 bits per heavy atom. The van der Waals surface area contributed by atoms with Crippen molar-refractivity contribution in [1.29, 1.82) is 5.26 Å². The average Bonchev–Trinajstić information content (AvgIpc) is 2.98. The summed E-state index contributed by atoms with van der Waals surface area (Å²) < 4.78 is 2.76. The summed E-state index contributed by atoms with van der Waals surface area (Å²) in [6.07, 6.45) is 4.33. The van der Waals surface area contributed by atoms with Crippen LogP contribution in [0.4, 0.5) is 0 Å². The molecule has 2 aromatic heterocycles. The molecule has 0 spiro atoms. The van der Waals surface area contributed by atoms with E-state index in [4.69, 9.17) is 0 Å². The molecule has 1 aromatic carbocycles. The van der Waals surface area contributed by atoms with Gasteiger partial charge >= 0.3 is 5.97 Å². The highest BCUT2D eigenvalue weighted by molar-refractivity contribution is 5.88. The largest absolute Gasteiger partial charge is 0.477 e. The number of rotatable bonds is 4. The molecule has 3 aromatic rings. The van der Waals surface area contributed by atoms with Gasteiger partial charge in [0.2, 0.25) is 0 Å². The van der Waals surface area contributed by atoms with Crippen molar-refractivity contribution in [3.05, 3.63) is 76.9 Å². The molecule has 0 bridgehead atoms. The molecule has 0 aliphatic rings. The van der Waals surface area contributed by atoms with E-state index < -0.39 is 11.5 Å². The van der Waals surface area contributed by atoms with Crippen LogP contribution >= 0.6 is 0 Å². The van der Waals surface area contributed by atoms with E-state index in [1.54, 1.807) is 10.6 Å². The quantitative estimate of drug-likeness (QED) is 0.749. The van der Waals surface area contributed by atoms with Crippen LogP contribution in [0.25, 0.3) is 16.8 Å². The zero-order valence-corrected chi connectivity index (χ0v) is 12.6. The smallest absolute Gasteiger partial charge is 0.342 e. The number of allylic oxidation sites excluding steroid dienone is 1. The first-order valence-electron chi connectivity index (χ1n) is 7.16. The Balaban J connectivity index is 2.47. The van der Waals surface area contributed by atoms with Gasteiger partial charge in [-0.15, -0.1) is 6.58 Å². The predicted octanol–water partition coefficient (Wildman–Crippen LogP) is 2.52. The van der Waals surface area contributed by atoms with E-state index in [9.17, 15) is 20.0 Å². The fourth-order valence-corrected chi connectivity index (χ4v) is 2.71. The second kappa shape index (κ2) is 5.89. The van der Waals surface area contributed by atoms with Gasteiger partial charge in [0, 0.05) is 24.5 Å². The van der Waals surface area contributed by atoms with Gasteiger partial charge in [0.1, 0.15) is 22.8 Å². The van der Waals surface area contributed by atoms with Crippen LogP contribution in [-0.2, 0) is 6.54 Å². The number of carbonyl (C=O) groups is 1. The van der Waals surface area contributed by atoms with Crippen molar-refractivity contribution in [1.82, 2.24) is 8.97 Å². The Bertz CT molecular complexity index is 1050. The zero-order valence-electron chi connectivity index (χ0n) is 12.6. The van der Waals surface area contributed by atoms with E-state index in [0.29, 0.717) is 16.8 Å². The Kier molecular flexibility index (Phi) is 3.76. The minimum atomic E-state index is -1.31. The molecule has 0 amide bonds. The highest BCUT2D eigenvalue weighted by Crippen LogP contribution is 2.27. The van der Waals surface area contributed by atoms with Gasteiger partial charge in [0.05, 0.1) is 0 Å². The number of fused-ring (bicyclic) bond motifs is 1. The Morgan fingerprint density at radius 2 is 2.00 bits per heavy atom. The van der Waals surface area contributed by atoms with Crippen molar-refractivity contribution >= 4 is 11.6 Å². The molecule has 2 heterocycles. The van der Waals surface area contributed by atoms with Crippen molar-refractivity contribution < 1.29 is 9.90 Å². The standard InChI is InChI=1S/C18H13N3O3/c1-2-8-20-10-15(18(23)24)17(22)21-11-14(13(9-19)16(20)21)12-6-4-3-5-7-12/h2-7,10-11H,1,8H2,(H,23,24). The molecule has 0 saturated carbocycles. The zero-order chi connectivity index (χ0) is 17.3. The lowest BCUT2D eigenvalue weighted by Crippen LogP contribution is -2.24. The van der Waals surface area contributed by atoms with Crippen molar-refractivity contribution in [2.24, 2.45) is 0 Å². The second-order valence-corrected chi connectivity index (χ2v) is 5.18. The summed E-state index contributed by atoms with van der Waals surface area (Å²) in [6.45, 7) is 3.92. The van der Waals surface area contributed by atoms with E-state index in [0.717, 1.165) is 5.56 Å². The summed E-state index contributed by atoms with van der Waals surface area (Å²) in [5, 5.41) is 18.9. The molecule has 0 radical (unpaired) electrons. The minimum Gasteiger partial charge on any atom is -0.477 e. The van der Waals surface area contributed by atoms with E-state index in [1.165, 1.54) is 16.8 Å². The highest BCUT2D eigenvalue weighted by Gasteiger charge is 2.20. The molecule has 0 fully saturated rings. The maximum atomic E-state index is 12.5. The van der Waals surface area contributed by atoms with E-state index in [1.807, 2.05) is 30.3 Å². The van der Waals surface area contributed by atoms with Crippen LogP contribution in [0.5, 0.6) is 0 Å². The number of benzene rings is 1. The second-order valence-electron chi connectivity index (χ2n) is 5.18. The SMILES string of the molecule is C=CCn1cc(C(=O)O)c(=O)n2cc(-c3ccccc3)c(C#N)c12. The van der Waals surface area contributed by atoms with Gasteiger partial charge in [0.15, 0.2) is 0 Å². The van der Waals surface area contributed by atoms with Crippen molar-refractivity contribution in [2.45, 2.75) is 6.54 Å². The Morgan fingerprint density at radius 3 is 2.58 bits per heavy atom. The lowest BCUT2D eigenvalue weighted by Gasteiger charge is -2.08. The first kappa shape index (κ1) is 15.3. The van der Waals surface area contributed by atoms with Crippen LogP contribution in [0.3, 0.4) is 0 Å². The third-order valence-electron chi connectivity index (χ3n) is 3.74. The molecule has 0 saturated heterocycles. The van der Waals surface area contributed by atoms with Crippen molar-refractivity contribution in [3.8, 4) is 17.2 Å². The average molecular weight is 319 g/mol. The van der Waals surface area contributed by atoms with Crippen molar-refractivity contribution in [3.63, 3.8) is 0 Å². The normalized spacial score (nSPS) is 10.5. The molecule has 0 atom stereocenters. The van der Waals surface area contributed by atoms with Gasteiger partial charge in [0.25, 0.3) is 5.56 Å². The third-order valence-corrected chi connectivity index (χ3v) is 3.74. The number of carboxylic acids is 1. The van der Waals surface area contributed by atoms with Gasteiger partial charge < -0.3 is 9.67 Å². The molecule has 6 heteroatoms. The predicted molar refractivity (Wildman–Crippen MR) is 89.0 cm³/mol. The highest BCUT2D eigenvalue weighted by atomic mass is 16.4. The summed E-state index contributed by atoms with van der Waals surface area (Å²) in [5.74, 6) is -1.31. The number of nitriles is 1. The Hall–Kier alpha value is -3.59. The van der Waals surface area contributed by atoms with Crippen LogP contribution < -0.4 is 5.56 Å². The van der Waals surface area contributed by atoms with Gasteiger partial charge in [-0.25, -0.2) is 4.79 Å². The molecule has 6 nitrogen and oxygen atoms in total. The molecule has 3 rings (SSSR count). The molecule has 0 aliphatic heterocycles. The van der Waals surface area contributed by atoms with Gasteiger partial charge in [-0.1, -0.05) is 36.4 Å². The first-order valence-corrected chi connectivity index (χ1v) is 7.16. The minimum absolute atomic E-state index is 0.275. The number of aromatic carboxylic acids is 1. The van der Waals surface area contributed by atoms with E-state index in [2.05, 4.69) is 12.6 Å². The molecule has 0 unspecified atom stereocenters. The maximum Gasteiger partial charge on any atom is 0.342 e.